The number of methoxy groups -OCH3 is 1. The minimum absolute atomic E-state index is 0.0297. The van der Waals surface area contributed by atoms with Gasteiger partial charge in [-0.15, -0.1) is 0 Å². The summed E-state index contributed by atoms with van der Waals surface area (Å²) in [5, 5.41) is 2.75. The number of carbonyl (C=O) groups excluding carboxylic acids is 2. The van der Waals surface area contributed by atoms with Crippen LogP contribution in [-0.4, -0.2) is 43.5 Å². The van der Waals surface area contributed by atoms with E-state index < -0.39 is 0 Å². The zero-order valence-electron chi connectivity index (χ0n) is 12.0. The Morgan fingerprint density at radius 2 is 2.33 bits per heavy atom. The standard InChI is InChI=1S/C15H19FN2O3/c1-21-6-5-18-10-12(8-14(18)19)15(20)17-9-11-3-2-4-13(16)7-11/h2-4,7,12H,5-6,8-10H2,1H3,(H,17,20)/t12-/m0/s1. The highest BCUT2D eigenvalue weighted by Gasteiger charge is 2.33. The monoisotopic (exact) mass is 294 g/mol. The molecule has 1 heterocycles. The fourth-order valence-electron chi connectivity index (χ4n) is 2.35. The lowest BCUT2D eigenvalue weighted by Gasteiger charge is -2.15. The summed E-state index contributed by atoms with van der Waals surface area (Å²) in [6.07, 6.45) is 0.221. The fourth-order valence-corrected chi connectivity index (χ4v) is 2.35. The van der Waals surface area contributed by atoms with Crippen molar-refractivity contribution in [3.8, 4) is 0 Å². The van der Waals surface area contributed by atoms with Gasteiger partial charge in [-0.05, 0) is 17.7 Å². The molecule has 0 saturated carbocycles. The van der Waals surface area contributed by atoms with E-state index in [2.05, 4.69) is 5.32 Å². The largest absolute Gasteiger partial charge is 0.383 e. The quantitative estimate of drug-likeness (QED) is 0.849. The normalized spacial score (nSPS) is 18.1. The lowest BCUT2D eigenvalue weighted by molar-refractivity contribution is -0.129. The van der Waals surface area contributed by atoms with E-state index in [0.717, 1.165) is 0 Å². The molecule has 0 spiro atoms. The van der Waals surface area contributed by atoms with Crippen molar-refractivity contribution >= 4 is 11.8 Å². The number of amides is 2. The molecule has 2 rings (SSSR count). The highest BCUT2D eigenvalue weighted by Crippen LogP contribution is 2.17. The van der Waals surface area contributed by atoms with Gasteiger partial charge in [0.05, 0.1) is 12.5 Å². The highest BCUT2D eigenvalue weighted by molar-refractivity contribution is 5.89. The third-order valence-electron chi connectivity index (χ3n) is 3.51. The van der Waals surface area contributed by atoms with Gasteiger partial charge in [-0.1, -0.05) is 12.1 Å². The van der Waals surface area contributed by atoms with Crippen LogP contribution in [0.4, 0.5) is 4.39 Å². The predicted octanol–water partition coefficient (Wildman–Crippen LogP) is 0.937. The predicted molar refractivity (Wildman–Crippen MR) is 74.8 cm³/mol. The average Bonchev–Trinajstić information content (AvgIpc) is 2.84. The molecule has 5 nitrogen and oxygen atoms in total. The second-order valence-corrected chi connectivity index (χ2v) is 5.08. The zero-order valence-corrected chi connectivity index (χ0v) is 12.0. The maximum absolute atomic E-state index is 13.0. The summed E-state index contributed by atoms with van der Waals surface area (Å²) in [4.78, 5) is 25.4. The lowest BCUT2D eigenvalue weighted by Crippen LogP contribution is -2.33. The smallest absolute Gasteiger partial charge is 0.225 e. The third kappa shape index (κ3) is 4.26. The van der Waals surface area contributed by atoms with Crippen LogP contribution in [0, 0.1) is 11.7 Å². The molecule has 114 valence electrons. The molecule has 1 aliphatic rings. The number of halogens is 1. The molecule has 0 unspecified atom stereocenters. The number of hydrogen-bond acceptors (Lipinski definition) is 3. The van der Waals surface area contributed by atoms with Crippen molar-refractivity contribution in [2.45, 2.75) is 13.0 Å². The minimum Gasteiger partial charge on any atom is -0.383 e. The van der Waals surface area contributed by atoms with Gasteiger partial charge in [-0.2, -0.15) is 0 Å². The minimum atomic E-state index is -0.345. The van der Waals surface area contributed by atoms with Gasteiger partial charge in [0.15, 0.2) is 0 Å². The van der Waals surface area contributed by atoms with Gasteiger partial charge >= 0.3 is 0 Å². The Morgan fingerprint density at radius 3 is 3.05 bits per heavy atom. The van der Waals surface area contributed by atoms with Crippen molar-refractivity contribution in [3.05, 3.63) is 35.6 Å². The van der Waals surface area contributed by atoms with Gasteiger partial charge < -0.3 is 15.0 Å². The second kappa shape index (κ2) is 7.17. The first-order chi connectivity index (χ1) is 10.1. The molecule has 0 aliphatic carbocycles. The average molecular weight is 294 g/mol. The molecular formula is C15H19FN2O3. The number of ether oxygens (including phenoxy) is 1. The summed E-state index contributed by atoms with van der Waals surface area (Å²) in [5.74, 6) is -0.878. The second-order valence-electron chi connectivity index (χ2n) is 5.08. The van der Waals surface area contributed by atoms with Gasteiger partial charge in [0.25, 0.3) is 0 Å². The molecule has 0 radical (unpaired) electrons. The Kier molecular flexibility index (Phi) is 5.27. The Balaban J connectivity index is 1.83. The Morgan fingerprint density at radius 1 is 1.52 bits per heavy atom. The van der Waals surface area contributed by atoms with Crippen molar-refractivity contribution in [2.75, 3.05) is 26.8 Å². The molecule has 0 bridgehead atoms. The number of nitrogens with zero attached hydrogens (tertiary/aromatic N) is 1. The van der Waals surface area contributed by atoms with Crippen LogP contribution < -0.4 is 5.32 Å². The molecule has 21 heavy (non-hydrogen) atoms. The first-order valence-corrected chi connectivity index (χ1v) is 6.89. The van der Waals surface area contributed by atoms with Crippen molar-refractivity contribution in [1.29, 1.82) is 0 Å². The first-order valence-electron chi connectivity index (χ1n) is 6.89. The van der Waals surface area contributed by atoms with Crippen LogP contribution in [0.2, 0.25) is 0 Å². The van der Waals surface area contributed by atoms with Crippen molar-refractivity contribution in [3.63, 3.8) is 0 Å². The summed E-state index contributed by atoms with van der Waals surface area (Å²) < 4.78 is 18.0. The molecule has 1 aromatic carbocycles. The Bertz CT molecular complexity index is 521. The number of rotatable bonds is 6. The van der Waals surface area contributed by atoms with Crippen LogP contribution in [0.15, 0.2) is 24.3 Å². The van der Waals surface area contributed by atoms with Crippen molar-refractivity contribution < 1.29 is 18.7 Å². The number of benzene rings is 1. The van der Waals surface area contributed by atoms with Crippen LogP contribution in [0.25, 0.3) is 0 Å². The molecule has 2 amide bonds. The van der Waals surface area contributed by atoms with Gasteiger partial charge in [0, 0.05) is 33.2 Å². The number of carbonyl (C=O) groups is 2. The van der Waals surface area contributed by atoms with Crippen LogP contribution in [0.5, 0.6) is 0 Å². The molecule has 1 aliphatic heterocycles. The van der Waals surface area contributed by atoms with E-state index in [1.165, 1.54) is 12.1 Å². The topological polar surface area (TPSA) is 58.6 Å². The van der Waals surface area contributed by atoms with Crippen LogP contribution >= 0.6 is 0 Å². The molecule has 6 heteroatoms. The SMILES string of the molecule is COCCN1C[C@@H](C(=O)NCc2cccc(F)c2)CC1=O. The van der Waals surface area contributed by atoms with Gasteiger partial charge in [-0.25, -0.2) is 4.39 Å². The van der Waals surface area contributed by atoms with E-state index in [9.17, 15) is 14.0 Å². The highest BCUT2D eigenvalue weighted by atomic mass is 19.1. The molecule has 0 aromatic heterocycles. The number of hydrogen-bond donors (Lipinski definition) is 1. The fraction of sp³-hybridized carbons (Fsp3) is 0.467. The van der Waals surface area contributed by atoms with E-state index in [1.807, 2.05) is 0 Å². The zero-order chi connectivity index (χ0) is 15.2. The summed E-state index contributed by atoms with van der Waals surface area (Å²) >= 11 is 0. The van der Waals surface area contributed by atoms with Gasteiger partial charge in [-0.3, -0.25) is 9.59 Å². The molecule has 1 saturated heterocycles. The third-order valence-corrected chi connectivity index (χ3v) is 3.51. The maximum Gasteiger partial charge on any atom is 0.225 e. The van der Waals surface area contributed by atoms with Crippen LogP contribution in [0.1, 0.15) is 12.0 Å². The number of nitrogens with one attached hydrogen (secondary N) is 1. The van der Waals surface area contributed by atoms with Crippen molar-refractivity contribution in [2.24, 2.45) is 5.92 Å². The van der Waals surface area contributed by atoms with E-state index in [0.29, 0.717) is 25.3 Å². The maximum atomic E-state index is 13.0. The van der Waals surface area contributed by atoms with Crippen LogP contribution in [-0.2, 0) is 20.9 Å². The van der Waals surface area contributed by atoms with E-state index in [1.54, 1.807) is 24.1 Å². The molecule has 1 aromatic rings. The molecule has 1 N–H and O–H groups in total. The Hall–Kier alpha value is -1.95. The van der Waals surface area contributed by atoms with Crippen LogP contribution in [0.3, 0.4) is 0 Å². The van der Waals surface area contributed by atoms with Gasteiger partial charge in [0.1, 0.15) is 5.82 Å². The molecular weight excluding hydrogens is 275 g/mol. The summed E-state index contributed by atoms with van der Waals surface area (Å²) in [6, 6.07) is 6.08. The summed E-state index contributed by atoms with van der Waals surface area (Å²) in [5.41, 5.74) is 0.698. The molecule has 1 fully saturated rings. The van der Waals surface area contributed by atoms with Crippen molar-refractivity contribution in [1.82, 2.24) is 10.2 Å². The number of likely N-dealkylation sites (tertiary alicyclic amines) is 1. The summed E-state index contributed by atoms with van der Waals surface area (Å²) in [6.45, 7) is 1.64. The van der Waals surface area contributed by atoms with Gasteiger partial charge in [0.2, 0.25) is 11.8 Å². The Labute approximate surface area is 123 Å². The lowest BCUT2D eigenvalue weighted by atomic mass is 10.1. The van der Waals surface area contributed by atoms with E-state index >= 15 is 0 Å². The summed E-state index contributed by atoms with van der Waals surface area (Å²) in [7, 11) is 1.57. The van der Waals surface area contributed by atoms with E-state index in [4.69, 9.17) is 4.74 Å². The van der Waals surface area contributed by atoms with E-state index in [-0.39, 0.29) is 36.5 Å². The molecule has 1 atom stereocenters. The first kappa shape index (κ1) is 15.4.